The van der Waals surface area contributed by atoms with E-state index >= 15 is 0 Å². The first-order chi connectivity index (χ1) is 18.3. The molecule has 0 fully saturated rings. The second kappa shape index (κ2) is 11.5. The minimum absolute atomic E-state index is 0.00996. The quantitative estimate of drug-likeness (QED) is 0.266. The predicted octanol–water partition coefficient (Wildman–Crippen LogP) is 5.24. The number of nitrogens with zero attached hydrogens (tertiary/aromatic N) is 6. The first kappa shape index (κ1) is 26.9. The molecule has 2 N–H and O–H groups in total. The van der Waals surface area contributed by atoms with Crippen LogP contribution in [0.2, 0.25) is 0 Å². The SMILES string of the molecule is CN=CC(C=N)c1ccc2nnc(Sc3ccc4ncc(C(C=N)C=NC)c(OCC(F)(F)F)c4c3)n2c1. The van der Waals surface area contributed by atoms with Crippen molar-refractivity contribution in [2.45, 2.75) is 28.1 Å². The molecular weight excluding hydrogens is 517 g/mol. The molecule has 4 aromatic rings. The first-order valence-electron chi connectivity index (χ1n) is 11.3. The summed E-state index contributed by atoms with van der Waals surface area (Å²) in [6.07, 6.45) is 4.14. The third kappa shape index (κ3) is 5.88. The van der Waals surface area contributed by atoms with Gasteiger partial charge < -0.3 is 15.6 Å². The number of ether oxygens (including phenoxy) is 1. The van der Waals surface area contributed by atoms with Crippen molar-refractivity contribution in [2.75, 3.05) is 20.7 Å². The van der Waals surface area contributed by atoms with Gasteiger partial charge in [-0.25, -0.2) is 0 Å². The summed E-state index contributed by atoms with van der Waals surface area (Å²) in [4.78, 5) is 13.0. The van der Waals surface area contributed by atoms with Crippen LogP contribution in [-0.2, 0) is 0 Å². The number of aromatic nitrogens is 4. The third-order valence-electron chi connectivity index (χ3n) is 5.52. The molecule has 0 spiro atoms. The van der Waals surface area contributed by atoms with Crippen LogP contribution in [0.3, 0.4) is 0 Å². The second-order valence-corrected chi connectivity index (χ2v) is 9.14. The summed E-state index contributed by atoms with van der Waals surface area (Å²) in [5.41, 5.74) is 2.16. The zero-order valence-electron chi connectivity index (χ0n) is 20.3. The molecule has 2 unspecified atom stereocenters. The Bertz CT molecular complexity index is 1530. The van der Waals surface area contributed by atoms with Crippen LogP contribution in [0.25, 0.3) is 16.6 Å². The number of hydrogen-bond acceptors (Lipinski definition) is 9. The molecule has 2 atom stereocenters. The Morgan fingerprint density at radius 2 is 1.79 bits per heavy atom. The Balaban J connectivity index is 1.78. The summed E-state index contributed by atoms with van der Waals surface area (Å²) < 4.78 is 46.3. The highest BCUT2D eigenvalue weighted by Crippen LogP contribution is 2.37. The van der Waals surface area contributed by atoms with Crippen LogP contribution in [0.15, 0.2) is 62.8 Å². The van der Waals surface area contributed by atoms with Gasteiger partial charge in [0.25, 0.3) is 0 Å². The summed E-state index contributed by atoms with van der Waals surface area (Å²) in [6.45, 7) is -1.49. The Kier molecular flexibility index (Phi) is 8.15. The normalized spacial score (nSPS) is 13.9. The van der Waals surface area contributed by atoms with Crippen LogP contribution in [0.5, 0.6) is 5.75 Å². The summed E-state index contributed by atoms with van der Waals surface area (Å²) >= 11 is 1.26. The number of aliphatic imine (C=N–C) groups is 2. The Morgan fingerprint density at radius 1 is 1.05 bits per heavy atom. The average Bonchev–Trinajstić information content (AvgIpc) is 3.30. The molecule has 0 amide bonds. The number of pyridine rings is 2. The van der Waals surface area contributed by atoms with E-state index in [9.17, 15) is 13.2 Å². The molecule has 0 aliphatic carbocycles. The largest absolute Gasteiger partial charge is 0.483 e. The molecule has 196 valence electrons. The van der Waals surface area contributed by atoms with Crippen LogP contribution < -0.4 is 4.74 Å². The average molecular weight is 541 g/mol. The highest BCUT2D eigenvalue weighted by molar-refractivity contribution is 7.99. The number of halogens is 3. The molecule has 3 heterocycles. The molecule has 0 saturated carbocycles. The van der Waals surface area contributed by atoms with E-state index in [1.54, 1.807) is 41.9 Å². The number of hydrogen-bond donors (Lipinski definition) is 2. The molecule has 0 radical (unpaired) electrons. The molecule has 0 aliphatic heterocycles. The van der Waals surface area contributed by atoms with Crippen molar-refractivity contribution in [1.29, 1.82) is 10.8 Å². The number of fused-ring (bicyclic) bond motifs is 2. The molecule has 1 aromatic carbocycles. The van der Waals surface area contributed by atoms with E-state index < -0.39 is 18.7 Å². The van der Waals surface area contributed by atoms with E-state index in [1.165, 1.54) is 37.4 Å². The summed E-state index contributed by atoms with van der Waals surface area (Å²) in [7, 11) is 3.16. The number of nitrogens with one attached hydrogen (secondary N) is 2. The summed E-state index contributed by atoms with van der Waals surface area (Å²) in [5.74, 6) is -1.02. The topological polar surface area (TPSA) is 125 Å². The smallest absolute Gasteiger partial charge is 0.422 e. The molecule has 0 saturated heterocycles. The fourth-order valence-electron chi connectivity index (χ4n) is 3.80. The Labute approximate surface area is 219 Å². The molecule has 4 rings (SSSR count). The van der Waals surface area contributed by atoms with Gasteiger partial charge in [-0.1, -0.05) is 6.07 Å². The lowest BCUT2D eigenvalue weighted by atomic mass is 10.00. The van der Waals surface area contributed by atoms with E-state index in [4.69, 9.17) is 15.6 Å². The van der Waals surface area contributed by atoms with E-state index in [-0.39, 0.29) is 11.7 Å². The number of benzene rings is 1. The van der Waals surface area contributed by atoms with Crippen molar-refractivity contribution in [3.8, 4) is 5.75 Å². The van der Waals surface area contributed by atoms with E-state index in [2.05, 4.69) is 25.2 Å². The first-order valence-corrected chi connectivity index (χ1v) is 12.1. The van der Waals surface area contributed by atoms with Gasteiger partial charge in [0, 0.05) is 67.2 Å². The minimum Gasteiger partial charge on any atom is -0.483 e. The van der Waals surface area contributed by atoms with Crippen molar-refractivity contribution in [3.05, 3.63) is 53.9 Å². The van der Waals surface area contributed by atoms with Gasteiger partial charge >= 0.3 is 6.18 Å². The molecule has 38 heavy (non-hydrogen) atoms. The zero-order chi connectivity index (χ0) is 27.3. The number of alkyl halides is 3. The van der Waals surface area contributed by atoms with Gasteiger partial charge in [0.2, 0.25) is 0 Å². The Morgan fingerprint density at radius 3 is 2.47 bits per heavy atom. The highest BCUT2D eigenvalue weighted by Gasteiger charge is 2.30. The van der Waals surface area contributed by atoms with Crippen LogP contribution in [0, 0.1) is 10.8 Å². The third-order valence-corrected chi connectivity index (χ3v) is 6.47. The molecule has 9 nitrogen and oxygen atoms in total. The van der Waals surface area contributed by atoms with Gasteiger partial charge in [-0.15, -0.1) is 10.2 Å². The fraction of sp³-hybridized carbons (Fsp3) is 0.240. The van der Waals surface area contributed by atoms with Crippen LogP contribution in [0.4, 0.5) is 13.2 Å². The van der Waals surface area contributed by atoms with Gasteiger partial charge in [0.15, 0.2) is 17.4 Å². The van der Waals surface area contributed by atoms with Crippen molar-refractivity contribution in [1.82, 2.24) is 19.6 Å². The Hall–Kier alpha value is -4.13. The lowest BCUT2D eigenvalue weighted by Crippen LogP contribution is -2.20. The van der Waals surface area contributed by atoms with E-state index in [0.717, 1.165) is 11.8 Å². The fourth-order valence-corrected chi connectivity index (χ4v) is 4.65. The maximum atomic E-state index is 13.1. The van der Waals surface area contributed by atoms with Gasteiger partial charge in [0.05, 0.1) is 17.4 Å². The van der Waals surface area contributed by atoms with Crippen molar-refractivity contribution in [3.63, 3.8) is 0 Å². The summed E-state index contributed by atoms with van der Waals surface area (Å²) in [5, 5.41) is 24.8. The van der Waals surface area contributed by atoms with Crippen LogP contribution in [-0.4, -0.2) is 71.3 Å². The minimum atomic E-state index is -4.55. The van der Waals surface area contributed by atoms with Gasteiger partial charge in [0.1, 0.15) is 5.75 Å². The number of rotatable bonds is 10. The highest BCUT2D eigenvalue weighted by atomic mass is 32.2. The maximum Gasteiger partial charge on any atom is 0.422 e. The molecule has 0 bridgehead atoms. The molecule has 0 aliphatic rings. The standard InChI is InChI=1S/C25H23F3N8OS/c1-31-10-16(8-29)15-3-6-22-34-35-24(36(22)13-15)38-18-4-5-21-19(7-18)23(37-14-25(26,27)28)20(12-33-21)17(9-30)11-32-2/h3-13,16-17,29-30H,14H2,1-2H3. The van der Waals surface area contributed by atoms with Crippen molar-refractivity contribution in [2.24, 2.45) is 9.98 Å². The summed E-state index contributed by atoms with van der Waals surface area (Å²) in [6, 6.07) is 8.79. The van der Waals surface area contributed by atoms with Crippen molar-refractivity contribution < 1.29 is 17.9 Å². The second-order valence-electron chi connectivity index (χ2n) is 8.10. The van der Waals surface area contributed by atoms with Crippen LogP contribution in [0.1, 0.15) is 23.0 Å². The van der Waals surface area contributed by atoms with Gasteiger partial charge in [-0.05, 0) is 41.6 Å². The maximum absolute atomic E-state index is 13.1. The monoisotopic (exact) mass is 540 g/mol. The molecular formula is C25H23F3N8OS. The van der Waals surface area contributed by atoms with Gasteiger partial charge in [-0.2, -0.15) is 13.2 Å². The zero-order valence-corrected chi connectivity index (χ0v) is 21.2. The molecule has 3 aromatic heterocycles. The van der Waals surface area contributed by atoms with Crippen LogP contribution >= 0.6 is 11.8 Å². The lowest BCUT2D eigenvalue weighted by Gasteiger charge is -2.18. The van der Waals surface area contributed by atoms with E-state index in [1.807, 2.05) is 12.3 Å². The van der Waals surface area contributed by atoms with Gasteiger partial charge in [-0.3, -0.25) is 19.4 Å². The molecule has 13 heteroatoms. The van der Waals surface area contributed by atoms with E-state index in [0.29, 0.717) is 32.2 Å². The van der Waals surface area contributed by atoms with Crippen molar-refractivity contribution >= 4 is 53.2 Å². The lowest BCUT2D eigenvalue weighted by molar-refractivity contribution is -0.153. The predicted molar refractivity (Wildman–Crippen MR) is 142 cm³/mol.